The number of methoxy groups -OCH3 is 3. The molecule has 21 heavy (non-hydrogen) atoms. The Morgan fingerprint density at radius 3 is 1.95 bits per heavy atom. The van der Waals surface area contributed by atoms with E-state index in [0.717, 1.165) is 12.8 Å². The zero-order valence-corrected chi connectivity index (χ0v) is 13.1. The molecule has 1 saturated carbocycles. The van der Waals surface area contributed by atoms with E-state index < -0.39 is 0 Å². The number of hydrogen-bond donors (Lipinski definition) is 0. The first-order valence-electron chi connectivity index (χ1n) is 6.65. The molecule has 0 aliphatic heterocycles. The van der Waals surface area contributed by atoms with Gasteiger partial charge in [0.05, 0.1) is 21.3 Å². The van der Waals surface area contributed by atoms with E-state index in [1.165, 1.54) is 18.5 Å². The molecule has 0 spiro atoms. The first kappa shape index (κ1) is 18.4. The molecule has 0 saturated heterocycles. The standard InChI is InChI=1S/C15H20O4P.Li.H/c1-17-10-8-12(18-2)14(13(9-10)19-3)15(16)20-11-6-4-5-7-11;;/h8-9,20H,4-7H2,1-3H3;;. The Morgan fingerprint density at radius 1 is 1.00 bits per heavy atom. The van der Waals surface area contributed by atoms with E-state index in [0.29, 0.717) is 22.8 Å². The molecule has 4 nitrogen and oxygen atoms in total. The summed E-state index contributed by atoms with van der Waals surface area (Å²) in [5.74, 6) is 1.64. The fourth-order valence-electron chi connectivity index (χ4n) is 2.38. The fraction of sp³-hybridized carbons (Fsp3) is 0.467. The SMILES string of the molecule is COc1cc(OC)c(C(=O)P[C]2CCCC2)c(OC)c1.[LiH]. The summed E-state index contributed by atoms with van der Waals surface area (Å²) in [5.41, 5.74) is 1.96. The number of carbonyl (C=O) groups excluding carboxylic acids is 1. The second kappa shape index (κ2) is 8.69. The van der Waals surface area contributed by atoms with Crippen LogP contribution in [0.5, 0.6) is 17.2 Å². The van der Waals surface area contributed by atoms with Gasteiger partial charge in [0.1, 0.15) is 22.8 Å². The first-order valence-corrected chi connectivity index (χ1v) is 7.65. The zero-order valence-electron chi connectivity index (χ0n) is 12.1. The average Bonchev–Trinajstić information content (AvgIpc) is 2.98. The monoisotopic (exact) mass is 303 g/mol. The van der Waals surface area contributed by atoms with Crippen molar-refractivity contribution in [3.8, 4) is 17.2 Å². The molecule has 1 unspecified atom stereocenters. The van der Waals surface area contributed by atoms with Gasteiger partial charge in [0, 0.05) is 17.8 Å². The minimum absolute atomic E-state index is 0. The van der Waals surface area contributed by atoms with Gasteiger partial charge in [0.2, 0.25) is 0 Å². The van der Waals surface area contributed by atoms with Crippen molar-refractivity contribution in [2.24, 2.45) is 0 Å². The molecule has 0 heterocycles. The molecule has 6 heteroatoms. The molecule has 1 fully saturated rings. The number of ether oxygens (including phenoxy) is 3. The van der Waals surface area contributed by atoms with Gasteiger partial charge in [-0.2, -0.15) is 0 Å². The molecular formula is C15H21LiO4P. The van der Waals surface area contributed by atoms with Crippen LogP contribution in [0.2, 0.25) is 0 Å². The van der Waals surface area contributed by atoms with Crippen LogP contribution in [0.25, 0.3) is 0 Å². The molecule has 1 atom stereocenters. The van der Waals surface area contributed by atoms with Gasteiger partial charge in [-0.3, -0.25) is 4.79 Å². The van der Waals surface area contributed by atoms with E-state index in [2.05, 4.69) is 0 Å². The van der Waals surface area contributed by atoms with Crippen LogP contribution in [0.3, 0.4) is 0 Å². The number of rotatable bonds is 6. The quantitative estimate of drug-likeness (QED) is 0.598. The predicted molar refractivity (Wildman–Crippen MR) is 87.6 cm³/mol. The molecule has 0 N–H and O–H groups in total. The number of hydrogen-bond acceptors (Lipinski definition) is 4. The molecule has 1 aliphatic carbocycles. The van der Waals surface area contributed by atoms with E-state index in [4.69, 9.17) is 14.2 Å². The third kappa shape index (κ3) is 4.39. The summed E-state index contributed by atoms with van der Waals surface area (Å²) < 4.78 is 15.9. The number of carbonyl (C=O) groups is 1. The molecule has 1 aliphatic rings. The van der Waals surface area contributed by atoms with Gasteiger partial charge in [-0.05, 0) is 21.4 Å². The Bertz CT molecular complexity index is 462. The van der Waals surface area contributed by atoms with Gasteiger partial charge in [0.15, 0.2) is 5.52 Å². The summed E-state index contributed by atoms with van der Waals surface area (Å²) in [6.07, 6.45) is 4.55. The van der Waals surface area contributed by atoms with Crippen LogP contribution in [0, 0.1) is 5.66 Å². The van der Waals surface area contributed by atoms with E-state index in [1.807, 2.05) is 0 Å². The maximum absolute atomic E-state index is 12.6. The molecule has 1 radical (unpaired) electrons. The summed E-state index contributed by atoms with van der Waals surface area (Å²) in [5, 5.41) is 0. The fourth-order valence-corrected chi connectivity index (χ4v) is 3.68. The van der Waals surface area contributed by atoms with Crippen LogP contribution in [0.15, 0.2) is 12.1 Å². The Balaban J connectivity index is 0.00000220. The molecule has 1 aromatic rings. The van der Waals surface area contributed by atoms with Gasteiger partial charge >= 0.3 is 18.9 Å². The minimum atomic E-state index is 0. The van der Waals surface area contributed by atoms with Crippen LogP contribution in [-0.2, 0) is 0 Å². The van der Waals surface area contributed by atoms with Crippen molar-refractivity contribution >= 4 is 33.0 Å². The van der Waals surface area contributed by atoms with E-state index >= 15 is 0 Å². The van der Waals surface area contributed by atoms with Crippen molar-refractivity contribution in [2.45, 2.75) is 25.7 Å². The summed E-state index contributed by atoms with van der Waals surface area (Å²) >= 11 is 0. The molecule has 1 aromatic carbocycles. The van der Waals surface area contributed by atoms with Gasteiger partial charge in [0.25, 0.3) is 0 Å². The summed E-state index contributed by atoms with van der Waals surface area (Å²) in [7, 11) is 4.89. The number of benzene rings is 1. The van der Waals surface area contributed by atoms with Crippen molar-refractivity contribution in [1.82, 2.24) is 0 Å². The summed E-state index contributed by atoms with van der Waals surface area (Å²) in [4.78, 5) is 12.6. The predicted octanol–water partition coefficient (Wildman–Crippen LogP) is 2.99. The van der Waals surface area contributed by atoms with Crippen LogP contribution in [0.4, 0.5) is 0 Å². The molecule has 111 valence electrons. The maximum atomic E-state index is 12.6. The Labute approximate surface area is 139 Å². The zero-order chi connectivity index (χ0) is 14.5. The van der Waals surface area contributed by atoms with Crippen LogP contribution >= 0.6 is 8.58 Å². The topological polar surface area (TPSA) is 44.8 Å². The second-order valence-electron chi connectivity index (χ2n) is 4.67. The normalized spacial score (nSPS) is 15.0. The average molecular weight is 303 g/mol. The van der Waals surface area contributed by atoms with Crippen molar-refractivity contribution in [1.29, 1.82) is 0 Å². The van der Waals surface area contributed by atoms with Crippen molar-refractivity contribution in [3.05, 3.63) is 23.4 Å². The van der Waals surface area contributed by atoms with Crippen LogP contribution < -0.4 is 14.2 Å². The molecule has 0 amide bonds. The van der Waals surface area contributed by atoms with Crippen LogP contribution in [0.1, 0.15) is 36.0 Å². The van der Waals surface area contributed by atoms with E-state index in [9.17, 15) is 4.79 Å². The van der Waals surface area contributed by atoms with Gasteiger partial charge in [-0.25, -0.2) is 0 Å². The summed E-state index contributed by atoms with van der Waals surface area (Å²) in [6.45, 7) is 0. The van der Waals surface area contributed by atoms with E-state index in [1.54, 1.807) is 33.5 Å². The molecule has 0 bridgehead atoms. The van der Waals surface area contributed by atoms with Gasteiger partial charge in [-0.1, -0.05) is 12.8 Å². The van der Waals surface area contributed by atoms with Crippen molar-refractivity contribution < 1.29 is 19.0 Å². The Morgan fingerprint density at radius 2 is 1.52 bits per heavy atom. The van der Waals surface area contributed by atoms with E-state index in [-0.39, 0.29) is 33.0 Å². The third-order valence-electron chi connectivity index (χ3n) is 3.44. The van der Waals surface area contributed by atoms with Gasteiger partial charge < -0.3 is 14.2 Å². The Kier molecular flexibility index (Phi) is 7.60. The molecule has 0 aromatic heterocycles. The second-order valence-corrected chi connectivity index (χ2v) is 6.08. The first-order chi connectivity index (χ1) is 9.69. The molecular weight excluding hydrogens is 282 g/mol. The van der Waals surface area contributed by atoms with Crippen molar-refractivity contribution in [2.75, 3.05) is 21.3 Å². The van der Waals surface area contributed by atoms with Crippen LogP contribution in [-0.4, -0.2) is 45.7 Å². The molecule has 2 rings (SSSR count). The summed E-state index contributed by atoms with van der Waals surface area (Å²) in [6, 6.07) is 3.44. The van der Waals surface area contributed by atoms with Gasteiger partial charge in [-0.15, -0.1) is 0 Å². The van der Waals surface area contributed by atoms with Crippen molar-refractivity contribution in [3.63, 3.8) is 0 Å². The Hall–Kier alpha value is -0.683. The third-order valence-corrected chi connectivity index (χ3v) is 4.77.